The van der Waals surface area contributed by atoms with Crippen LogP contribution in [-0.2, 0) is 5.41 Å². The van der Waals surface area contributed by atoms with Gasteiger partial charge in [0.2, 0.25) is 0 Å². The van der Waals surface area contributed by atoms with Gasteiger partial charge >= 0.3 is 0 Å². The first-order chi connectivity index (χ1) is 18.8. The topological polar surface area (TPSA) is 30.7 Å². The molecule has 0 amide bonds. The van der Waals surface area contributed by atoms with Crippen molar-refractivity contribution < 1.29 is 0 Å². The van der Waals surface area contributed by atoms with Crippen molar-refractivity contribution in [2.75, 3.05) is 0 Å². The van der Waals surface area contributed by atoms with Gasteiger partial charge in [0.25, 0.3) is 0 Å². The summed E-state index contributed by atoms with van der Waals surface area (Å²) in [6, 6.07) is 32.5. The fourth-order valence-electron chi connectivity index (χ4n) is 5.44. The van der Waals surface area contributed by atoms with E-state index in [9.17, 15) is 0 Å². The minimum atomic E-state index is -0.138. The summed E-state index contributed by atoms with van der Waals surface area (Å²) >= 11 is 0. The van der Waals surface area contributed by atoms with Crippen molar-refractivity contribution in [3.05, 3.63) is 114 Å². The highest BCUT2D eigenvalue weighted by molar-refractivity contribution is 5.81. The average Bonchev–Trinajstić information content (AvgIpc) is 3.41. The molecule has 0 aliphatic rings. The van der Waals surface area contributed by atoms with E-state index in [1.165, 1.54) is 38.9 Å². The van der Waals surface area contributed by atoms with E-state index in [1.54, 1.807) is 0 Å². The molecule has 1 heterocycles. The van der Waals surface area contributed by atoms with Crippen LogP contribution in [0, 0.1) is 20.8 Å². The zero-order valence-electron chi connectivity index (χ0n) is 24.1. The Labute approximate surface area is 233 Å². The first kappa shape index (κ1) is 26.6. The number of nitrogens with zero attached hydrogens (tertiary/aromatic N) is 3. The van der Waals surface area contributed by atoms with Gasteiger partial charge in [0.1, 0.15) is 5.82 Å². The molecule has 0 spiro atoms. The molecular weight excluding hydrogens is 474 g/mol. The summed E-state index contributed by atoms with van der Waals surface area (Å²) in [4.78, 5) is 0. The van der Waals surface area contributed by atoms with Crippen LogP contribution in [0.15, 0.2) is 91.0 Å². The molecular formula is C36H39N3. The molecule has 0 aliphatic carbocycles. The zero-order valence-corrected chi connectivity index (χ0v) is 24.1. The van der Waals surface area contributed by atoms with Crippen molar-refractivity contribution in [3.8, 4) is 39.3 Å². The Kier molecular flexibility index (Phi) is 7.52. The third kappa shape index (κ3) is 5.18. The van der Waals surface area contributed by atoms with E-state index in [0.717, 1.165) is 42.2 Å². The molecule has 1 aromatic heterocycles. The molecule has 0 bridgehead atoms. The second kappa shape index (κ2) is 11.0. The molecule has 0 atom stereocenters. The maximum Gasteiger partial charge on any atom is 0.168 e. The molecule has 39 heavy (non-hydrogen) atoms. The van der Waals surface area contributed by atoms with Crippen molar-refractivity contribution in [1.82, 2.24) is 14.8 Å². The summed E-state index contributed by atoms with van der Waals surface area (Å²) in [5, 5.41) is 9.81. The van der Waals surface area contributed by atoms with Crippen molar-refractivity contribution in [1.29, 1.82) is 0 Å². The molecule has 5 aromatic rings. The van der Waals surface area contributed by atoms with Crippen molar-refractivity contribution in [3.63, 3.8) is 0 Å². The monoisotopic (exact) mass is 513 g/mol. The van der Waals surface area contributed by atoms with E-state index in [2.05, 4.69) is 137 Å². The molecule has 3 nitrogen and oxygen atoms in total. The first-order valence-electron chi connectivity index (χ1n) is 14.1. The summed E-state index contributed by atoms with van der Waals surface area (Å²) in [6.45, 7) is 13.4. The van der Waals surface area contributed by atoms with E-state index in [0.29, 0.717) is 0 Å². The fourth-order valence-corrected chi connectivity index (χ4v) is 5.44. The quantitative estimate of drug-likeness (QED) is 0.207. The van der Waals surface area contributed by atoms with E-state index >= 15 is 0 Å². The van der Waals surface area contributed by atoms with Gasteiger partial charge in [-0.2, -0.15) is 0 Å². The van der Waals surface area contributed by atoms with Gasteiger partial charge in [-0.15, -0.1) is 10.2 Å². The zero-order chi connectivity index (χ0) is 27.6. The molecule has 0 aliphatic heterocycles. The smallest absolute Gasteiger partial charge is 0.168 e. The van der Waals surface area contributed by atoms with Gasteiger partial charge in [-0.05, 0) is 72.7 Å². The van der Waals surface area contributed by atoms with Gasteiger partial charge in [-0.25, -0.2) is 0 Å². The first-order valence-corrected chi connectivity index (χ1v) is 14.1. The van der Waals surface area contributed by atoms with Gasteiger partial charge in [0, 0.05) is 16.5 Å². The molecule has 5 rings (SSSR count). The Balaban J connectivity index is 1.82. The number of aryl methyl sites for hydroxylation is 1. The second-order valence-corrected chi connectivity index (χ2v) is 11.3. The van der Waals surface area contributed by atoms with E-state index in [4.69, 9.17) is 10.2 Å². The molecule has 0 radical (unpaired) electrons. The minimum Gasteiger partial charge on any atom is -0.278 e. The third-order valence-electron chi connectivity index (χ3n) is 8.15. The molecule has 198 valence electrons. The minimum absolute atomic E-state index is 0.138. The number of hydrogen-bond acceptors (Lipinski definition) is 2. The van der Waals surface area contributed by atoms with Crippen molar-refractivity contribution in [2.45, 2.75) is 66.2 Å². The Morgan fingerprint density at radius 3 is 2.00 bits per heavy atom. The van der Waals surface area contributed by atoms with Crippen LogP contribution in [0.4, 0.5) is 0 Å². The van der Waals surface area contributed by atoms with Crippen molar-refractivity contribution >= 4 is 0 Å². The maximum atomic E-state index is 4.92. The number of rotatable bonds is 8. The fraction of sp³-hybridized carbons (Fsp3) is 0.278. The van der Waals surface area contributed by atoms with Gasteiger partial charge in [0.15, 0.2) is 5.82 Å². The molecule has 4 aromatic carbocycles. The summed E-state index contributed by atoms with van der Waals surface area (Å²) < 4.78 is 2.34. The number of aromatic nitrogens is 3. The Morgan fingerprint density at radius 1 is 0.667 bits per heavy atom. The lowest BCUT2D eigenvalue weighted by atomic mass is 9.85. The van der Waals surface area contributed by atoms with Crippen LogP contribution in [0.25, 0.3) is 39.3 Å². The van der Waals surface area contributed by atoms with Gasteiger partial charge < -0.3 is 0 Å². The summed E-state index contributed by atoms with van der Waals surface area (Å²) in [7, 11) is 0. The predicted molar refractivity (Wildman–Crippen MR) is 164 cm³/mol. The summed E-state index contributed by atoms with van der Waals surface area (Å²) in [5.41, 5.74) is 10.7. The normalized spacial score (nSPS) is 11.6. The van der Waals surface area contributed by atoms with Gasteiger partial charge in [0.05, 0.1) is 5.69 Å². The highest BCUT2D eigenvalue weighted by Crippen LogP contribution is 2.39. The largest absolute Gasteiger partial charge is 0.278 e. The number of hydrogen-bond donors (Lipinski definition) is 0. The molecule has 0 fully saturated rings. The Morgan fingerprint density at radius 2 is 1.33 bits per heavy atom. The van der Waals surface area contributed by atoms with Crippen LogP contribution in [0.5, 0.6) is 0 Å². The van der Waals surface area contributed by atoms with E-state index in [-0.39, 0.29) is 5.41 Å². The summed E-state index contributed by atoms with van der Waals surface area (Å²) in [5.74, 6) is 1.91. The predicted octanol–water partition coefficient (Wildman–Crippen LogP) is 9.66. The highest BCUT2D eigenvalue weighted by Gasteiger charge is 2.31. The Bertz CT molecular complexity index is 1580. The van der Waals surface area contributed by atoms with Crippen LogP contribution >= 0.6 is 0 Å². The highest BCUT2D eigenvalue weighted by atomic mass is 15.3. The molecule has 0 N–H and O–H groups in total. The second-order valence-electron chi connectivity index (χ2n) is 11.3. The van der Waals surface area contributed by atoms with Crippen LogP contribution in [-0.4, -0.2) is 14.8 Å². The Hall–Kier alpha value is -3.98. The van der Waals surface area contributed by atoms with E-state index in [1.807, 2.05) is 0 Å². The SMILES string of the molecule is CCCCC(C)(C)c1nnc(-c2ccc(C)c(C)c2C)n1-c1ccc(-c2ccccc2)cc1-c1ccccc1. The van der Waals surface area contributed by atoms with Gasteiger partial charge in [-0.3, -0.25) is 4.57 Å². The average molecular weight is 514 g/mol. The lowest BCUT2D eigenvalue weighted by Gasteiger charge is -2.26. The third-order valence-corrected chi connectivity index (χ3v) is 8.15. The van der Waals surface area contributed by atoms with Crippen LogP contribution < -0.4 is 0 Å². The molecule has 3 heteroatoms. The van der Waals surface area contributed by atoms with Crippen molar-refractivity contribution in [2.24, 2.45) is 0 Å². The number of benzene rings is 4. The standard InChI is InChI=1S/C36H39N3/c1-7-8-23-36(5,6)35-38-37-34(31-21-19-25(2)26(3)27(31)4)39(35)33-22-20-30(28-15-11-9-12-16-28)24-32(33)29-17-13-10-14-18-29/h9-22,24H,7-8,23H2,1-6H3. The lowest BCUT2D eigenvalue weighted by molar-refractivity contribution is 0.425. The van der Waals surface area contributed by atoms with E-state index < -0.39 is 0 Å². The molecule has 0 saturated carbocycles. The van der Waals surface area contributed by atoms with Crippen LogP contribution in [0.3, 0.4) is 0 Å². The maximum absolute atomic E-state index is 4.92. The lowest BCUT2D eigenvalue weighted by Crippen LogP contribution is -2.23. The molecule has 0 saturated heterocycles. The van der Waals surface area contributed by atoms with Crippen LogP contribution in [0.2, 0.25) is 0 Å². The summed E-state index contributed by atoms with van der Waals surface area (Å²) in [6.07, 6.45) is 3.36. The number of unbranched alkanes of at least 4 members (excludes halogenated alkanes) is 1. The van der Waals surface area contributed by atoms with Crippen LogP contribution in [0.1, 0.15) is 62.5 Å². The molecule has 0 unspecified atom stereocenters. The van der Waals surface area contributed by atoms with Gasteiger partial charge in [-0.1, -0.05) is 112 Å².